The molecule has 1 aromatic carbocycles. The van der Waals surface area contributed by atoms with Crippen LogP contribution in [-0.2, 0) is 16.0 Å². The molecule has 1 aliphatic heterocycles. The van der Waals surface area contributed by atoms with Crippen LogP contribution in [-0.4, -0.2) is 24.4 Å². The predicted octanol–water partition coefficient (Wildman–Crippen LogP) is 1.88. The zero-order chi connectivity index (χ0) is 13.8. The lowest BCUT2D eigenvalue weighted by molar-refractivity contribution is -0.130. The maximum atomic E-state index is 11.9. The number of hydrogen-bond donors (Lipinski definition) is 1. The van der Waals surface area contributed by atoms with Gasteiger partial charge in [-0.15, -0.1) is 0 Å². The van der Waals surface area contributed by atoms with Crippen molar-refractivity contribution >= 4 is 17.5 Å². The number of aryl methyl sites for hydroxylation is 1. The molecular formula is C15H20N2O2. The SMILES string of the molecule is CCCCc1ccc(N2C(=O)CNC(=O)C2C)cc1. The summed E-state index contributed by atoms with van der Waals surface area (Å²) in [5, 5.41) is 2.59. The first-order valence-electron chi connectivity index (χ1n) is 6.82. The fraction of sp³-hybridized carbons (Fsp3) is 0.467. The molecule has 4 heteroatoms. The van der Waals surface area contributed by atoms with Gasteiger partial charge < -0.3 is 5.32 Å². The van der Waals surface area contributed by atoms with Crippen molar-refractivity contribution in [2.24, 2.45) is 0 Å². The Morgan fingerprint density at radius 3 is 2.58 bits per heavy atom. The zero-order valence-corrected chi connectivity index (χ0v) is 11.5. The standard InChI is InChI=1S/C15H20N2O2/c1-3-4-5-12-6-8-13(9-7-12)17-11(2)15(19)16-10-14(17)18/h6-9,11H,3-5,10H2,1-2H3,(H,16,19). The number of carbonyl (C=O) groups excluding carboxylic acids is 2. The van der Waals surface area contributed by atoms with E-state index in [9.17, 15) is 9.59 Å². The van der Waals surface area contributed by atoms with Gasteiger partial charge in [-0.1, -0.05) is 25.5 Å². The first-order valence-corrected chi connectivity index (χ1v) is 6.82. The number of nitrogens with zero attached hydrogens (tertiary/aromatic N) is 1. The molecule has 0 bridgehead atoms. The molecule has 2 amide bonds. The molecule has 0 aliphatic carbocycles. The van der Waals surface area contributed by atoms with E-state index in [0.717, 1.165) is 12.1 Å². The normalized spacial score (nSPS) is 19.5. The van der Waals surface area contributed by atoms with Gasteiger partial charge in [0.25, 0.3) is 0 Å². The molecule has 1 atom stereocenters. The number of piperazine rings is 1. The van der Waals surface area contributed by atoms with Gasteiger partial charge in [0, 0.05) is 5.69 Å². The fourth-order valence-electron chi connectivity index (χ4n) is 2.30. The van der Waals surface area contributed by atoms with Gasteiger partial charge in [0.05, 0.1) is 6.54 Å². The smallest absolute Gasteiger partial charge is 0.247 e. The highest BCUT2D eigenvalue weighted by atomic mass is 16.2. The second-order valence-electron chi connectivity index (χ2n) is 4.93. The molecule has 1 fully saturated rings. The van der Waals surface area contributed by atoms with Gasteiger partial charge in [0.2, 0.25) is 11.8 Å². The lowest BCUT2D eigenvalue weighted by Crippen LogP contribution is -2.57. The maximum Gasteiger partial charge on any atom is 0.247 e. The summed E-state index contributed by atoms with van der Waals surface area (Å²) in [5.41, 5.74) is 2.07. The minimum Gasteiger partial charge on any atom is -0.345 e. The third-order valence-corrected chi connectivity index (χ3v) is 3.48. The molecule has 1 N–H and O–H groups in total. The largest absolute Gasteiger partial charge is 0.345 e. The van der Waals surface area contributed by atoms with E-state index in [4.69, 9.17) is 0 Å². The monoisotopic (exact) mass is 260 g/mol. The van der Waals surface area contributed by atoms with E-state index >= 15 is 0 Å². The highest BCUT2D eigenvalue weighted by molar-refractivity contribution is 6.06. The first-order chi connectivity index (χ1) is 9.13. The zero-order valence-electron chi connectivity index (χ0n) is 11.5. The van der Waals surface area contributed by atoms with E-state index in [1.807, 2.05) is 24.3 Å². The van der Waals surface area contributed by atoms with Crippen molar-refractivity contribution < 1.29 is 9.59 Å². The summed E-state index contributed by atoms with van der Waals surface area (Å²) >= 11 is 0. The topological polar surface area (TPSA) is 49.4 Å². The van der Waals surface area contributed by atoms with Crippen molar-refractivity contribution in [2.75, 3.05) is 11.4 Å². The Morgan fingerprint density at radius 1 is 1.26 bits per heavy atom. The van der Waals surface area contributed by atoms with Crippen LogP contribution in [0.1, 0.15) is 32.3 Å². The van der Waals surface area contributed by atoms with Gasteiger partial charge >= 0.3 is 0 Å². The molecule has 0 radical (unpaired) electrons. The van der Waals surface area contributed by atoms with E-state index in [-0.39, 0.29) is 18.4 Å². The van der Waals surface area contributed by atoms with Crippen LogP contribution in [0, 0.1) is 0 Å². The number of nitrogens with one attached hydrogen (secondary N) is 1. The summed E-state index contributed by atoms with van der Waals surface area (Å²) < 4.78 is 0. The third-order valence-electron chi connectivity index (χ3n) is 3.48. The Labute approximate surface area is 113 Å². The van der Waals surface area contributed by atoms with Crippen molar-refractivity contribution in [3.8, 4) is 0 Å². The summed E-state index contributed by atoms with van der Waals surface area (Å²) in [6.45, 7) is 4.00. The average molecular weight is 260 g/mol. The van der Waals surface area contributed by atoms with E-state index in [1.165, 1.54) is 18.4 Å². The van der Waals surface area contributed by atoms with Gasteiger partial charge in [-0.05, 0) is 37.5 Å². The van der Waals surface area contributed by atoms with Crippen LogP contribution in [0.4, 0.5) is 5.69 Å². The van der Waals surface area contributed by atoms with Crippen molar-refractivity contribution in [3.63, 3.8) is 0 Å². The highest BCUT2D eigenvalue weighted by Crippen LogP contribution is 2.20. The van der Waals surface area contributed by atoms with Crippen molar-refractivity contribution in [1.29, 1.82) is 0 Å². The number of rotatable bonds is 4. The molecule has 1 saturated heterocycles. The van der Waals surface area contributed by atoms with E-state index < -0.39 is 6.04 Å². The number of hydrogen-bond acceptors (Lipinski definition) is 2. The lowest BCUT2D eigenvalue weighted by atomic mass is 10.1. The van der Waals surface area contributed by atoms with Crippen molar-refractivity contribution in [1.82, 2.24) is 5.32 Å². The van der Waals surface area contributed by atoms with Gasteiger partial charge in [-0.25, -0.2) is 0 Å². The number of anilines is 1. The number of benzene rings is 1. The number of amides is 2. The second kappa shape index (κ2) is 5.87. The predicted molar refractivity (Wildman–Crippen MR) is 75.0 cm³/mol. The molecule has 102 valence electrons. The van der Waals surface area contributed by atoms with Crippen LogP contribution in [0.3, 0.4) is 0 Å². The molecule has 4 nitrogen and oxygen atoms in total. The van der Waals surface area contributed by atoms with Crippen LogP contribution in [0.5, 0.6) is 0 Å². The fourth-order valence-corrected chi connectivity index (χ4v) is 2.30. The first kappa shape index (κ1) is 13.6. The van der Waals surface area contributed by atoms with Gasteiger partial charge in [-0.2, -0.15) is 0 Å². The summed E-state index contributed by atoms with van der Waals surface area (Å²) in [6, 6.07) is 7.49. The Kier molecular flexibility index (Phi) is 4.20. The Morgan fingerprint density at radius 2 is 1.95 bits per heavy atom. The molecule has 1 heterocycles. The summed E-state index contributed by atoms with van der Waals surface area (Å²) in [4.78, 5) is 25.1. The Balaban J connectivity index is 2.16. The Hall–Kier alpha value is -1.84. The lowest BCUT2D eigenvalue weighted by Gasteiger charge is -2.32. The molecule has 1 unspecified atom stereocenters. The molecule has 19 heavy (non-hydrogen) atoms. The van der Waals surface area contributed by atoms with Crippen molar-refractivity contribution in [3.05, 3.63) is 29.8 Å². The van der Waals surface area contributed by atoms with Crippen LogP contribution in [0.25, 0.3) is 0 Å². The molecule has 0 spiro atoms. The van der Waals surface area contributed by atoms with Gasteiger partial charge in [-0.3, -0.25) is 14.5 Å². The van der Waals surface area contributed by atoms with Crippen molar-refractivity contribution in [2.45, 2.75) is 39.2 Å². The minimum atomic E-state index is -0.442. The third kappa shape index (κ3) is 2.95. The van der Waals surface area contributed by atoms with Crippen LogP contribution in [0.2, 0.25) is 0 Å². The summed E-state index contributed by atoms with van der Waals surface area (Å²) in [7, 11) is 0. The average Bonchev–Trinajstić information content (AvgIpc) is 2.42. The number of unbranched alkanes of at least 4 members (excludes halogenated alkanes) is 1. The number of carbonyl (C=O) groups is 2. The Bertz CT molecular complexity index is 468. The minimum absolute atomic E-state index is 0.0617. The molecule has 0 aromatic heterocycles. The van der Waals surface area contributed by atoms with Crippen LogP contribution < -0.4 is 10.2 Å². The molecular weight excluding hydrogens is 240 g/mol. The molecule has 2 rings (SSSR count). The molecule has 0 saturated carbocycles. The summed E-state index contributed by atoms with van der Waals surface area (Å²) in [5.74, 6) is -0.164. The quantitative estimate of drug-likeness (QED) is 0.898. The highest BCUT2D eigenvalue weighted by Gasteiger charge is 2.31. The second-order valence-corrected chi connectivity index (χ2v) is 4.93. The molecule has 1 aromatic rings. The van der Waals surface area contributed by atoms with E-state index in [2.05, 4.69) is 12.2 Å². The van der Waals surface area contributed by atoms with Gasteiger partial charge in [0.15, 0.2) is 0 Å². The molecule has 1 aliphatic rings. The van der Waals surface area contributed by atoms with E-state index in [0.29, 0.717) is 0 Å². The van der Waals surface area contributed by atoms with Crippen LogP contribution in [0.15, 0.2) is 24.3 Å². The summed E-state index contributed by atoms with van der Waals surface area (Å²) in [6.07, 6.45) is 3.39. The van der Waals surface area contributed by atoms with Gasteiger partial charge in [0.1, 0.15) is 6.04 Å². The maximum absolute atomic E-state index is 11.9. The van der Waals surface area contributed by atoms with Crippen LogP contribution >= 0.6 is 0 Å². The van der Waals surface area contributed by atoms with E-state index in [1.54, 1.807) is 11.8 Å².